The molecule has 0 fully saturated rings. The van der Waals surface area contributed by atoms with E-state index in [4.69, 9.17) is 4.74 Å². The Labute approximate surface area is 158 Å². The van der Waals surface area contributed by atoms with Crippen molar-refractivity contribution in [3.63, 3.8) is 0 Å². The minimum Gasteiger partial charge on any atom is -0.598 e. The molecule has 0 heterocycles. The SMILES string of the molecule is CC(C)(C)[S@+]([O-])N[C@H]1CCc2c(C(=O)OCc3ccccc3)cccc21. The van der Waals surface area contributed by atoms with E-state index >= 15 is 0 Å². The fourth-order valence-electron chi connectivity index (χ4n) is 3.07. The highest BCUT2D eigenvalue weighted by Gasteiger charge is 2.34. The first kappa shape index (κ1) is 19.0. The lowest BCUT2D eigenvalue weighted by Crippen LogP contribution is -2.40. The van der Waals surface area contributed by atoms with Gasteiger partial charge in [0.2, 0.25) is 0 Å². The average molecular weight is 372 g/mol. The van der Waals surface area contributed by atoms with Crippen LogP contribution >= 0.6 is 0 Å². The summed E-state index contributed by atoms with van der Waals surface area (Å²) in [5, 5.41) is 0. The van der Waals surface area contributed by atoms with E-state index in [1.54, 1.807) is 0 Å². The normalized spacial score (nSPS) is 17.6. The van der Waals surface area contributed by atoms with Crippen LogP contribution < -0.4 is 4.72 Å². The van der Waals surface area contributed by atoms with Gasteiger partial charge >= 0.3 is 5.97 Å². The van der Waals surface area contributed by atoms with Gasteiger partial charge in [-0.15, -0.1) is 4.72 Å². The maximum Gasteiger partial charge on any atom is 0.338 e. The molecule has 2 aromatic rings. The summed E-state index contributed by atoms with van der Waals surface area (Å²) in [6.07, 6.45) is 1.62. The molecule has 3 rings (SSSR count). The Morgan fingerprint density at radius 2 is 1.92 bits per heavy atom. The van der Waals surface area contributed by atoms with Crippen LogP contribution in [0.1, 0.15) is 60.3 Å². The van der Waals surface area contributed by atoms with Crippen LogP contribution in [0.2, 0.25) is 0 Å². The first-order valence-electron chi connectivity index (χ1n) is 8.87. The topological polar surface area (TPSA) is 61.4 Å². The summed E-state index contributed by atoms with van der Waals surface area (Å²) in [5.74, 6) is -0.303. The number of fused-ring (bicyclic) bond motifs is 1. The number of benzene rings is 2. The van der Waals surface area contributed by atoms with E-state index in [0.29, 0.717) is 5.56 Å². The molecule has 26 heavy (non-hydrogen) atoms. The number of carbonyl (C=O) groups is 1. The van der Waals surface area contributed by atoms with E-state index in [1.165, 1.54) is 0 Å². The molecule has 0 radical (unpaired) electrons. The molecule has 4 nitrogen and oxygen atoms in total. The fourth-order valence-corrected chi connectivity index (χ4v) is 3.93. The molecule has 0 amide bonds. The lowest BCUT2D eigenvalue weighted by atomic mass is 10.0. The molecule has 0 spiro atoms. The molecule has 1 aliphatic rings. The molecule has 2 aromatic carbocycles. The Balaban J connectivity index is 1.72. The van der Waals surface area contributed by atoms with Gasteiger partial charge in [0, 0.05) is 11.4 Å². The van der Waals surface area contributed by atoms with Crippen molar-refractivity contribution in [2.75, 3.05) is 0 Å². The zero-order valence-electron chi connectivity index (χ0n) is 15.5. The molecule has 0 aromatic heterocycles. The smallest absolute Gasteiger partial charge is 0.338 e. The maximum absolute atomic E-state index is 12.6. The second-order valence-electron chi connectivity index (χ2n) is 7.53. The highest BCUT2D eigenvalue weighted by atomic mass is 32.2. The quantitative estimate of drug-likeness (QED) is 0.635. The highest BCUT2D eigenvalue weighted by molar-refractivity contribution is 7.90. The van der Waals surface area contributed by atoms with Gasteiger partial charge in [-0.05, 0) is 56.4 Å². The Kier molecular flexibility index (Phi) is 5.70. The third-order valence-electron chi connectivity index (χ3n) is 4.51. The predicted molar refractivity (Wildman–Crippen MR) is 104 cm³/mol. The number of esters is 1. The first-order chi connectivity index (χ1) is 12.4. The minimum atomic E-state index is -1.15. The van der Waals surface area contributed by atoms with Crippen molar-refractivity contribution in [1.82, 2.24) is 4.72 Å². The van der Waals surface area contributed by atoms with Crippen molar-refractivity contribution >= 4 is 17.3 Å². The van der Waals surface area contributed by atoms with E-state index in [9.17, 15) is 9.35 Å². The summed E-state index contributed by atoms with van der Waals surface area (Å²) >= 11 is -1.15. The number of rotatable bonds is 5. The van der Waals surface area contributed by atoms with Gasteiger partial charge in [-0.2, -0.15) is 0 Å². The molecule has 2 atom stereocenters. The number of hydrogen-bond donors (Lipinski definition) is 1. The second-order valence-corrected chi connectivity index (χ2v) is 9.52. The van der Waals surface area contributed by atoms with E-state index in [1.807, 2.05) is 69.3 Å². The van der Waals surface area contributed by atoms with Gasteiger partial charge in [0.05, 0.1) is 11.6 Å². The molecule has 0 bridgehead atoms. The summed E-state index contributed by atoms with van der Waals surface area (Å²) < 4.78 is 20.8. The van der Waals surface area contributed by atoms with Crippen LogP contribution in [0, 0.1) is 0 Å². The zero-order valence-corrected chi connectivity index (χ0v) is 16.3. The Morgan fingerprint density at radius 1 is 1.19 bits per heavy atom. The number of ether oxygens (including phenoxy) is 1. The van der Waals surface area contributed by atoms with Crippen LogP contribution in [-0.4, -0.2) is 15.3 Å². The molecular weight excluding hydrogens is 346 g/mol. The van der Waals surface area contributed by atoms with Crippen LogP contribution in [0.4, 0.5) is 0 Å². The van der Waals surface area contributed by atoms with Gasteiger partial charge in [0.1, 0.15) is 11.4 Å². The molecule has 0 saturated heterocycles. The van der Waals surface area contributed by atoms with E-state index < -0.39 is 11.4 Å². The summed E-state index contributed by atoms with van der Waals surface area (Å²) in [4.78, 5) is 12.6. The van der Waals surface area contributed by atoms with Crippen molar-refractivity contribution in [3.8, 4) is 0 Å². The molecular formula is C21H25NO3S. The van der Waals surface area contributed by atoms with Gasteiger partial charge in [-0.25, -0.2) is 4.79 Å². The van der Waals surface area contributed by atoms with Crippen molar-refractivity contribution in [2.45, 2.75) is 51.0 Å². The van der Waals surface area contributed by atoms with Crippen molar-refractivity contribution < 1.29 is 14.1 Å². The van der Waals surface area contributed by atoms with E-state index in [-0.39, 0.29) is 23.4 Å². The molecule has 0 unspecified atom stereocenters. The van der Waals surface area contributed by atoms with Gasteiger partial charge in [-0.1, -0.05) is 42.5 Å². The van der Waals surface area contributed by atoms with Gasteiger partial charge < -0.3 is 9.29 Å². The molecule has 5 heteroatoms. The van der Waals surface area contributed by atoms with Gasteiger partial charge in [-0.3, -0.25) is 0 Å². The summed E-state index contributed by atoms with van der Waals surface area (Å²) in [6, 6.07) is 15.4. The third-order valence-corrected chi connectivity index (χ3v) is 6.12. The summed E-state index contributed by atoms with van der Waals surface area (Å²) in [5.41, 5.74) is 3.64. The van der Waals surface area contributed by atoms with E-state index in [2.05, 4.69) is 4.72 Å². The Bertz CT molecular complexity index is 771. The number of hydrogen-bond acceptors (Lipinski definition) is 4. The van der Waals surface area contributed by atoms with Crippen LogP contribution in [0.15, 0.2) is 48.5 Å². The number of carbonyl (C=O) groups excluding carboxylic acids is 1. The Morgan fingerprint density at radius 3 is 2.62 bits per heavy atom. The van der Waals surface area contributed by atoms with Crippen LogP contribution in [0.5, 0.6) is 0 Å². The molecule has 1 N–H and O–H groups in total. The van der Waals surface area contributed by atoms with Gasteiger partial charge in [0.25, 0.3) is 0 Å². The van der Waals surface area contributed by atoms with Crippen molar-refractivity contribution in [3.05, 3.63) is 70.8 Å². The minimum absolute atomic E-state index is 0.00642. The Hall–Kier alpha value is -1.82. The first-order valence-corrected chi connectivity index (χ1v) is 10.0. The van der Waals surface area contributed by atoms with Crippen LogP contribution in [0.25, 0.3) is 0 Å². The lowest BCUT2D eigenvalue weighted by molar-refractivity contribution is 0.0471. The fraction of sp³-hybridized carbons (Fsp3) is 0.381. The summed E-state index contributed by atoms with van der Waals surface area (Å²) in [7, 11) is 0. The largest absolute Gasteiger partial charge is 0.598 e. The third kappa shape index (κ3) is 4.29. The molecule has 0 saturated carbocycles. The molecule has 1 aliphatic carbocycles. The molecule has 138 valence electrons. The van der Waals surface area contributed by atoms with Crippen LogP contribution in [0.3, 0.4) is 0 Å². The summed E-state index contributed by atoms with van der Waals surface area (Å²) in [6.45, 7) is 6.11. The molecule has 0 aliphatic heterocycles. The highest BCUT2D eigenvalue weighted by Crippen LogP contribution is 2.35. The maximum atomic E-state index is 12.6. The van der Waals surface area contributed by atoms with E-state index in [0.717, 1.165) is 29.5 Å². The number of nitrogens with one attached hydrogen (secondary N) is 1. The van der Waals surface area contributed by atoms with Crippen molar-refractivity contribution in [1.29, 1.82) is 0 Å². The zero-order chi connectivity index (χ0) is 18.7. The monoisotopic (exact) mass is 371 g/mol. The predicted octanol–water partition coefficient (Wildman–Crippen LogP) is 4.08. The van der Waals surface area contributed by atoms with Crippen LogP contribution in [-0.2, 0) is 29.1 Å². The standard InChI is InChI=1S/C21H25NO3S/c1-21(2,3)26(24)22-19-13-12-16-17(19)10-7-11-18(16)20(23)25-14-15-8-5-4-6-9-15/h4-11,19,22H,12-14H2,1-3H3/t19-,26-/m0/s1. The average Bonchev–Trinajstić information content (AvgIpc) is 3.03. The van der Waals surface area contributed by atoms with Crippen molar-refractivity contribution in [2.24, 2.45) is 0 Å². The lowest BCUT2D eigenvalue weighted by Gasteiger charge is -2.26. The van der Waals surface area contributed by atoms with Gasteiger partial charge in [0.15, 0.2) is 0 Å². The second kappa shape index (κ2) is 7.82.